The Morgan fingerprint density at radius 3 is 2.13 bits per heavy atom. The van der Waals surface area contributed by atoms with Crippen LogP contribution in [0.2, 0.25) is 0 Å². The van der Waals surface area contributed by atoms with Crippen molar-refractivity contribution in [2.45, 2.75) is 119 Å². The molecule has 5 saturated carbocycles. The van der Waals surface area contributed by atoms with Crippen molar-refractivity contribution in [2.75, 3.05) is 0 Å². The SMILES string of the molecule is C=C(C)[C@@H]1CC[C@@]2(C)CC[C@@]3(C)[C@@H](CC[C@H]4[C@]5(C)CC[C@H](O)C(C)(C)[C@@H]5CC[C@@]43C)[C@H]12. The molecule has 0 aromatic carbocycles. The summed E-state index contributed by atoms with van der Waals surface area (Å²) in [5.74, 6) is 3.98. The zero-order valence-electron chi connectivity index (χ0n) is 21.7. The molecule has 0 amide bonds. The quantitative estimate of drug-likeness (QED) is 0.421. The third-order valence-corrected chi connectivity index (χ3v) is 13.5. The standard InChI is InChI=1S/C30H50O/c1-19(2)20-11-14-27(5)17-18-29(7)21(25(20)27)9-10-23-28(6)15-13-24(31)26(3,4)22(28)12-16-30(23,29)8/h20-25,31H,1,9-18H2,2-8H3/t20-,21-,22-,23-,24-,25-,27-,28+,29-,30-/m0/s1. The van der Waals surface area contributed by atoms with Crippen LogP contribution in [0.25, 0.3) is 0 Å². The highest BCUT2D eigenvalue weighted by atomic mass is 16.3. The third kappa shape index (κ3) is 2.65. The van der Waals surface area contributed by atoms with Crippen LogP contribution in [0.1, 0.15) is 113 Å². The predicted octanol–water partition coefficient (Wildman–Crippen LogP) is 8.02. The molecule has 5 aliphatic rings. The molecule has 1 heteroatoms. The maximum Gasteiger partial charge on any atom is 0.0594 e. The van der Waals surface area contributed by atoms with E-state index in [1.165, 1.54) is 63.4 Å². The number of allylic oxidation sites excluding steroid dienone is 1. The highest BCUT2D eigenvalue weighted by Gasteiger charge is 2.70. The topological polar surface area (TPSA) is 20.2 Å². The predicted molar refractivity (Wildman–Crippen MR) is 131 cm³/mol. The molecule has 31 heavy (non-hydrogen) atoms. The first-order valence-electron chi connectivity index (χ1n) is 13.6. The Morgan fingerprint density at radius 2 is 1.45 bits per heavy atom. The first kappa shape index (κ1) is 22.5. The maximum absolute atomic E-state index is 10.9. The van der Waals surface area contributed by atoms with Crippen molar-refractivity contribution in [2.24, 2.45) is 56.7 Å². The number of aliphatic hydroxyl groups is 1. The van der Waals surface area contributed by atoms with Gasteiger partial charge in [0, 0.05) is 0 Å². The van der Waals surface area contributed by atoms with Gasteiger partial charge in [-0.05, 0) is 128 Å². The summed E-state index contributed by atoms with van der Waals surface area (Å²) in [6.45, 7) is 22.3. The average Bonchev–Trinajstić information content (AvgIpc) is 3.04. The van der Waals surface area contributed by atoms with E-state index in [-0.39, 0.29) is 11.5 Å². The van der Waals surface area contributed by atoms with Gasteiger partial charge in [0.25, 0.3) is 0 Å². The van der Waals surface area contributed by atoms with Crippen molar-refractivity contribution in [3.8, 4) is 0 Å². The molecule has 10 atom stereocenters. The Balaban J connectivity index is 1.54. The summed E-state index contributed by atoms with van der Waals surface area (Å²) in [4.78, 5) is 0. The molecule has 176 valence electrons. The summed E-state index contributed by atoms with van der Waals surface area (Å²) in [5.41, 5.74) is 3.38. The summed E-state index contributed by atoms with van der Waals surface area (Å²) >= 11 is 0. The van der Waals surface area contributed by atoms with Gasteiger partial charge in [-0.3, -0.25) is 0 Å². The summed E-state index contributed by atoms with van der Waals surface area (Å²) in [7, 11) is 0. The number of aliphatic hydroxyl groups excluding tert-OH is 1. The van der Waals surface area contributed by atoms with E-state index in [4.69, 9.17) is 0 Å². The van der Waals surface area contributed by atoms with Gasteiger partial charge < -0.3 is 5.11 Å². The van der Waals surface area contributed by atoms with Crippen molar-refractivity contribution >= 4 is 0 Å². The van der Waals surface area contributed by atoms with Crippen LogP contribution < -0.4 is 0 Å². The average molecular weight is 427 g/mol. The maximum atomic E-state index is 10.9. The van der Waals surface area contributed by atoms with E-state index >= 15 is 0 Å². The lowest BCUT2D eigenvalue weighted by Gasteiger charge is -2.73. The van der Waals surface area contributed by atoms with Crippen LogP contribution in [0, 0.1) is 56.7 Å². The van der Waals surface area contributed by atoms with Crippen LogP contribution in [0.15, 0.2) is 12.2 Å². The van der Waals surface area contributed by atoms with Gasteiger partial charge >= 0.3 is 0 Å². The van der Waals surface area contributed by atoms with E-state index in [1.54, 1.807) is 0 Å². The van der Waals surface area contributed by atoms with E-state index in [9.17, 15) is 5.11 Å². The Bertz CT molecular complexity index is 766. The molecule has 0 aromatic heterocycles. The lowest BCUT2D eigenvalue weighted by molar-refractivity contribution is -0.246. The van der Waals surface area contributed by atoms with Crippen LogP contribution in [-0.4, -0.2) is 11.2 Å². The van der Waals surface area contributed by atoms with Crippen LogP contribution in [0.3, 0.4) is 0 Å². The zero-order valence-corrected chi connectivity index (χ0v) is 21.7. The minimum Gasteiger partial charge on any atom is -0.393 e. The van der Waals surface area contributed by atoms with E-state index in [0.717, 1.165) is 30.1 Å². The van der Waals surface area contributed by atoms with Gasteiger partial charge in [-0.2, -0.15) is 0 Å². The van der Waals surface area contributed by atoms with Crippen molar-refractivity contribution in [1.82, 2.24) is 0 Å². The lowest BCUT2D eigenvalue weighted by Crippen LogP contribution is -2.66. The second-order valence-corrected chi connectivity index (χ2v) is 14.7. The van der Waals surface area contributed by atoms with E-state index in [1.807, 2.05) is 0 Å². The van der Waals surface area contributed by atoms with Crippen molar-refractivity contribution in [1.29, 1.82) is 0 Å². The monoisotopic (exact) mass is 426 g/mol. The van der Waals surface area contributed by atoms with E-state index in [2.05, 4.69) is 55.0 Å². The molecule has 0 aliphatic heterocycles. The van der Waals surface area contributed by atoms with Crippen LogP contribution >= 0.6 is 0 Å². The minimum atomic E-state index is -0.118. The largest absolute Gasteiger partial charge is 0.393 e. The van der Waals surface area contributed by atoms with Crippen molar-refractivity contribution in [3.63, 3.8) is 0 Å². The van der Waals surface area contributed by atoms with Crippen LogP contribution in [-0.2, 0) is 0 Å². The van der Waals surface area contributed by atoms with Gasteiger partial charge in [0.1, 0.15) is 0 Å². The molecule has 0 bridgehead atoms. The molecule has 0 spiro atoms. The molecular weight excluding hydrogens is 376 g/mol. The molecule has 0 heterocycles. The van der Waals surface area contributed by atoms with Gasteiger partial charge in [-0.25, -0.2) is 0 Å². The Labute approximate surface area is 192 Å². The Kier molecular flexibility index (Phi) is 4.82. The minimum absolute atomic E-state index is 0.0632. The van der Waals surface area contributed by atoms with Crippen molar-refractivity contribution in [3.05, 3.63) is 12.2 Å². The fraction of sp³-hybridized carbons (Fsp3) is 0.933. The van der Waals surface area contributed by atoms with Gasteiger partial charge in [-0.15, -0.1) is 0 Å². The first-order chi connectivity index (χ1) is 14.3. The second kappa shape index (κ2) is 6.64. The second-order valence-electron chi connectivity index (χ2n) is 14.7. The molecule has 0 aromatic rings. The summed E-state index contributed by atoms with van der Waals surface area (Å²) < 4.78 is 0. The highest BCUT2D eigenvalue weighted by molar-refractivity contribution is 5.21. The highest BCUT2D eigenvalue weighted by Crippen LogP contribution is 2.77. The molecule has 0 unspecified atom stereocenters. The number of hydrogen-bond acceptors (Lipinski definition) is 1. The smallest absolute Gasteiger partial charge is 0.0594 e. The summed E-state index contributed by atoms with van der Waals surface area (Å²) in [5, 5.41) is 10.9. The van der Waals surface area contributed by atoms with Gasteiger partial charge in [-0.1, -0.05) is 53.7 Å². The number of rotatable bonds is 1. The lowest BCUT2D eigenvalue weighted by atomic mass is 9.32. The molecule has 1 N–H and O–H groups in total. The van der Waals surface area contributed by atoms with Gasteiger partial charge in [0.15, 0.2) is 0 Å². The number of hydrogen-bond donors (Lipinski definition) is 1. The number of fused-ring (bicyclic) bond motifs is 7. The van der Waals surface area contributed by atoms with Crippen LogP contribution in [0.4, 0.5) is 0 Å². The molecule has 0 radical (unpaired) electrons. The van der Waals surface area contributed by atoms with Crippen molar-refractivity contribution < 1.29 is 5.11 Å². The summed E-state index contributed by atoms with van der Waals surface area (Å²) in [6, 6.07) is 0. The van der Waals surface area contributed by atoms with E-state index in [0.29, 0.717) is 27.6 Å². The Morgan fingerprint density at radius 1 is 0.742 bits per heavy atom. The Hall–Kier alpha value is -0.300. The van der Waals surface area contributed by atoms with Gasteiger partial charge in [0.05, 0.1) is 6.10 Å². The molecule has 1 nitrogen and oxygen atoms in total. The fourth-order valence-corrected chi connectivity index (χ4v) is 11.5. The van der Waals surface area contributed by atoms with E-state index < -0.39 is 0 Å². The molecule has 5 rings (SSSR count). The molecule has 5 fully saturated rings. The zero-order chi connectivity index (χ0) is 22.6. The molecular formula is C30H50O. The molecule has 0 saturated heterocycles. The first-order valence-corrected chi connectivity index (χ1v) is 13.6. The fourth-order valence-electron chi connectivity index (χ4n) is 11.5. The molecule has 5 aliphatic carbocycles. The normalized spacial score (nSPS) is 57.9. The third-order valence-electron chi connectivity index (χ3n) is 13.5. The van der Waals surface area contributed by atoms with Gasteiger partial charge in [0.2, 0.25) is 0 Å². The van der Waals surface area contributed by atoms with Crippen LogP contribution in [0.5, 0.6) is 0 Å². The summed E-state index contributed by atoms with van der Waals surface area (Å²) in [6.07, 6.45) is 13.4.